The van der Waals surface area contributed by atoms with Crippen LogP contribution in [0.1, 0.15) is 11.1 Å². The minimum Gasteiger partial charge on any atom is -0.219 e. The topological polar surface area (TPSA) is 34.1 Å². The van der Waals surface area contributed by atoms with Gasteiger partial charge in [0.15, 0.2) is 0 Å². The lowest BCUT2D eigenvalue weighted by Crippen LogP contribution is -2.02. The monoisotopic (exact) mass is 266 g/mol. The van der Waals surface area contributed by atoms with E-state index in [4.69, 9.17) is 12.8 Å². The summed E-state index contributed by atoms with van der Waals surface area (Å²) in [6, 6.07) is 12.6. The summed E-state index contributed by atoms with van der Waals surface area (Å²) in [5, 5.41) is 0. The third-order valence-corrected chi connectivity index (χ3v) is 4.37. The van der Waals surface area contributed by atoms with Crippen LogP contribution >= 0.6 is 0 Å². The Morgan fingerprint density at radius 3 is 1.58 bits per heavy atom. The molecule has 3 heteroatoms. The van der Waals surface area contributed by atoms with Gasteiger partial charge < -0.3 is 0 Å². The molecular formula is C16H10O2S. The number of hydrogen-bond donors (Lipinski definition) is 0. The van der Waals surface area contributed by atoms with E-state index in [2.05, 4.69) is 11.8 Å². The summed E-state index contributed by atoms with van der Waals surface area (Å²) in [4.78, 5) is 0.328. The van der Waals surface area contributed by atoms with Crippen molar-refractivity contribution in [1.29, 1.82) is 0 Å². The second-order valence-corrected chi connectivity index (χ2v) is 5.80. The van der Waals surface area contributed by atoms with Crippen molar-refractivity contribution >= 4 is 9.84 Å². The molecule has 0 aliphatic heterocycles. The van der Waals surface area contributed by atoms with Crippen molar-refractivity contribution in [2.45, 2.75) is 9.79 Å². The molecule has 0 radical (unpaired) electrons. The third-order valence-electron chi connectivity index (χ3n) is 2.62. The Bertz CT molecular complexity index is 740. The van der Waals surface area contributed by atoms with Crippen molar-refractivity contribution in [3.8, 4) is 24.7 Å². The molecule has 0 saturated carbocycles. The Morgan fingerprint density at radius 1 is 0.789 bits per heavy atom. The van der Waals surface area contributed by atoms with Crippen LogP contribution in [0.2, 0.25) is 0 Å². The van der Waals surface area contributed by atoms with Crippen LogP contribution < -0.4 is 0 Å². The van der Waals surface area contributed by atoms with E-state index in [1.165, 1.54) is 24.3 Å². The van der Waals surface area contributed by atoms with Crippen molar-refractivity contribution in [3.05, 3.63) is 59.7 Å². The summed E-state index contributed by atoms with van der Waals surface area (Å²) < 4.78 is 24.9. The number of sulfone groups is 1. The van der Waals surface area contributed by atoms with E-state index >= 15 is 0 Å². The maximum Gasteiger partial charge on any atom is 0.206 e. The second kappa shape index (κ2) is 5.02. The highest BCUT2D eigenvalue weighted by Crippen LogP contribution is 2.22. The van der Waals surface area contributed by atoms with Gasteiger partial charge in [0.2, 0.25) is 9.84 Å². The van der Waals surface area contributed by atoms with Gasteiger partial charge in [-0.3, -0.25) is 0 Å². The standard InChI is InChI=1S/C16H10O2S/c1-3-13-7-5-9-15(11-13)19(17,18)16-10-6-8-14(4-2)12-16/h1-2,5-12H. The largest absolute Gasteiger partial charge is 0.219 e. The molecule has 0 spiro atoms. The van der Waals surface area contributed by atoms with E-state index in [1.54, 1.807) is 24.3 Å². The average Bonchev–Trinajstić information content (AvgIpc) is 2.47. The van der Waals surface area contributed by atoms with Gasteiger partial charge in [0.05, 0.1) is 9.79 Å². The Balaban J connectivity index is 2.59. The van der Waals surface area contributed by atoms with Gasteiger partial charge in [0.25, 0.3) is 0 Å². The molecular weight excluding hydrogens is 256 g/mol. The predicted octanol–water partition coefficient (Wildman–Crippen LogP) is 2.48. The van der Waals surface area contributed by atoms with Crippen molar-refractivity contribution in [2.75, 3.05) is 0 Å². The van der Waals surface area contributed by atoms with E-state index in [9.17, 15) is 8.42 Å². The minimum absolute atomic E-state index is 0.164. The lowest BCUT2D eigenvalue weighted by Gasteiger charge is -2.05. The molecule has 0 aliphatic rings. The summed E-state index contributed by atoms with van der Waals surface area (Å²) in [6.45, 7) is 0. The molecule has 0 amide bonds. The van der Waals surface area contributed by atoms with Crippen molar-refractivity contribution in [1.82, 2.24) is 0 Å². The first kappa shape index (κ1) is 13.0. The first-order valence-electron chi connectivity index (χ1n) is 5.46. The highest BCUT2D eigenvalue weighted by atomic mass is 32.2. The number of benzene rings is 2. The average molecular weight is 266 g/mol. The molecule has 0 saturated heterocycles. The van der Waals surface area contributed by atoms with E-state index < -0.39 is 9.84 Å². The first-order valence-corrected chi connectivity index (χ1v) is 6.94. The Kier molecular flexibility index (Phi) is 3.42. The lowest BCUT2D eigenvalue weighted by atomic mass is 10.2. The fraction of sp³-hybridized carbons (Fsp3) is 0. The fourth-order valence-corrected chi connectivity index (χ4v) is 2.99. The molecule has 0 aromatic heterocycles. The molecule has 2 aromatic carbocycles. The molecule has 0 aliphatic carbocycles. The van der Waals surface area contributed by atoms with Gasteiger partial charge in [-0.15, -0.1) is 12.8 Å². The number of rotatable bonds is 2. The zero-order valence-corrected chi connectivity index (χ0v) is 10.8. The molecule has 2 rings (SSSR count). The summed E-state index contributed by atoms with van der Waals surface area (Å²) in [5.74, 6) is 4.83. The molecule has 2 nitrogen and oxygen atoms in total. The van der Waals surface area contributed by atoms with Crippen LogP contribution in [0.15, 0.2) is 58.3 Å². The normalized spacial score (nSPS) is 10.4. The molecule has 0 fully saturated rings. The molecule has 0 heterocycles. The SMILES string of the molecule is C#Cc1cccc(S(=O)(=O)c2cccc(C#C)c2)c1. The zero-order chi connectivity index (χ0) is 13.9. The summed E-state index contributed by atoms with van der Waals surface area (Å²) in [5.41, 5.74) is 1.04. The van der Waals surface area contributed by atoms with E-state index in [-0.39, 0.29) is 9.79 Å². The van der Waals surface area contributed by atoms with Crippen LogP contribution in [-0.2, 0) is 9.84 Å². The van der Waals surface area contributed by atoms with Gasteiger partial charge >= 0.3 is 0 Å². The van der Waals surface area contributed by atoms with Gasteiger partial charge in [-0.1, -0.05) is 24.0 Å². The van der Waals surface area contributed by atoms with Gasteiger partial charge in [-0.2, -0.15) is 0 Å². The molecule has 0 N–H and O–H groups in total. The first-order chi connectivity index (χ1) is 9.07. The lowest BCUT2D eigenvalue weighted by molar-refractivity contribution is 0.596. The summed E-state index contributed by atoms with van der Waals surface area (Å²) >= 11 is 0. The van der Waals surface area contributed by atoms with Crippen molar-refractivity contribution < 1.29 is 8.42 Å². The molecule has 0 bridgehead atoms. The van der Waals surface area contributed by atoms with Gasteiger partial charge in [0, 0.05) is 11.1 Å². The third kappa shape index (κ3) is 2.52. The summed E-state index contributed by atoms with van der Waals surface area (Å²) in [6.07, 6.45) is 10.5. The van der Waals surface area contributed by atoms with Gasteiger partial charge in [-0.25, -0.2) is 8.42 Å². The van der Waals surface area contributed by atoms with Crippen LogP contribution in [0, 0.1) is 24.7 Å². The minimum atomic E-state index is -3.60. The van der Waals surface area contributed by atoms with Gasteiger partial charge in [-0.05, 0) is 36.4 Å². The molecule has 2 aromatic rings. The number of hydrogen-bond acceptors (Lipinski definition) is 2. The predicted molar refractivity (Wildman–Crippen MR) is 74.2 cm³/mol. The molecule has 92 valence electrons. The maximum atomic E-state index is 12.4. The Morgan fingerprint density at radius 2 is 1.21 bits per heavy atom. The molecule has 19 heavy (non-hydrogen) atoms. The van der Waals surface area contributed by atoms with Crippen molar-refractivity contribution in [2.24, 2.45) is 0 Å². The fourth-order valence-electron chi connectivity index (χ4n) is 1.64. The molecule has 0 unspecified atom stereocenters. The van der Waals surface area contributed by atoms with Crippen LogP contribution in [0.25, 0.3) is 0 Å². The van der Waals surface area contributed by atoms with E-state index in [0.717, 1.165) is 0 Å². The Hall–Kier alpha value is -2.49. The van der Waals surface area contributed by atoms with E-state index in [0.29, 0.717) is 11.1 Å². The van der Waals surface area contributed by atoms with Crippen LogP contribution in [0.5, 0.6) is 0 Å². The van der Waals surface area contributed by atoms with Crippen molar-refractivity contribution in [3.63, 3.8) is 0 Å². The highest BCUT2D eigenvalue weighted by Gasteiger charge is 2.17. The molecule has 0 atom stereocenters. The zero-order valence-electron chi connectivity index (χ0n) is 10.00. The maximum absolute atomic E-state index is 12.4. The summed E-state index contributed by atoms with van der Waals surface area (Å²) in [7, 11) is -3.60. The smallest absolute Gasteiger partial charge is 0.206 e. The number of terminal acetylenes is 2. The van der Waals surface area contributed by atoms with Crippen LogP contribution in [0.4, 0.5) is 0 Å². The second-order valence-electron chi connectivity index (χ2n) is 3.85. The quantitative estimate of drug-likeness (QED) is 0.783. The highest BCUT2D eigenvalue weighted by molar-refractivity contribution is 7.91. The van der Waals surface area contributed by atoms with Crippen LogP contribution in [-0.4, -0.2) is 8.42 Å². The van der Waals surface area contributed by atoms with Gasteiger partial charge in [0.1, 0.15) is 0 Å². The Labute approximate surface area is 113 Å². The van der Waals surface area contributed by atoms with Crippen LogP contribution in [0.3, 0.4) is 0 Å². The van der Waals surface area contributed by atoms with E-state index in [1.807, 2.05) is 0 Å².